The van der Waals surface area contributed by atoms with E-state index in [9.17, 15) is 9.59 Å². The van der Waals surface area contributed by atoms with Crippen molar-refractivity contribution >= 4 is 29.3 Å². The van der Waals surface area contributed by atoms with Crippen LogP contribution in [0, 0.1) is 13.8 Å². The maximum atomic E-state index is 12.2. The Kier molecular flexibility index (Phi) is 5.99. The first-order valence-corrected chi connectivity index (χ1v) is 10.0. The van der Waals surface area contributed by atoms with Crippen LogP contribution in [0.2, 0.25) is 0 Å². The highest BCUT2D eigenvalue weighted by Gasteiger charge is 2.23. The van der Waals surface area contributed by atoms with Crippen molar-refractivity contribution in [1.82, 2.24) is 5.32 Å². The van der Waals surface area contributed by atoms with Gasteiger partial charge < -0.3 is 10.6 Å². The van der Waals surface area contributed by atoms with E-state index in [0.29, 0.717) is 23.0 Å². The zero-order valence-electron chi connectivity index (χ0n) is 15.2. The molecule has 0 saturated heterocycles. The van der Waals surface area contributed by atoms with Gasteiger partial charge in [-0.25, -0.2) is 0 Å². The molecule has 2 aromatic carbocycles. The summed E-state index contributed by atoms with van der Waals surface area (Å²) in [6, 6.07) is 13.9. The quantitative estimate of drug-likeness (QED) is 0.775. The molecule has 5 heteroatoms. The van der Waals surface area contributed by atoms with Crippen LogP contribution in [-0.4, -0.2) is 23.6 Å². The van der Waals surface area contributed by atoms with Gasteiger partial charge in [-0.15, -0.1) is 11.8 Å². The second kappa shape index (κ2) is 8.41. The number of nitrogens with one attached hydrogen (secondary N) is 2. The molecule has 0 atom stereocenters. The minimum absolute atomic E-state index is 0.0564. The molecule has 0 radical (unpaired) electrons. The lowest BCUT2D eigenvalue weighted by molar-refractivity contribution is -0.113. The lowest BCUT2D eigenvalue weighted by atomic mass is 10.1. The Morgan fingerprint density at radius 3 is 2.50 bits per heavy atom. The van der Waals surface area contributed by atoms with Gasteiger partial charge in [-0.05, 0) is 50.5 Å². The maximum absolute atomic E-state index is 12.2. The van der Waals surface area contributed by atoms with Crippen LogP contribution in [0.3, 0.4) is 0 Å². The molecular weight excluding hydrogens is 344 g/mol. The summed E-state index contributed by atoms with van der Waals surface area (Å²) in [5.74, 6) is 1.05. The number of hydrogen-bond acceptors (Lipinski definition) is 3. The van der Waals surface area contributed by atoms with Gasteiger partial charge in [0.25, 0.3) is 5.91 Å². The molecule has 0 aromatic heterocycles. The van der Waals surface area contributed by atoms with Crippen molar-refractivity contribution in [2.24, 2.45) is 0 Å². The second-order valence-corrected chi connectivity index (χ2v) is 7.85. The number of benzene rings is 2. The Morgan fingerprint density at radius 1 is 1.08 bits per heavy atom. The van der Waals surface area contributed by atoms with Crippen molar-refractivity contribution in [3.63, 3.8) is 0 Å². The molecule has 2 amide bonds. The first-order valence-electron chi connectivity index (χ1n) is 8.85. The summed E-state index contributed by atoms with van der Waals surface area (Å²) in [6.45, 7) is 4.17. The summed E-state index contributed by atoms with van der Waals surface area (Å²) in [6.07, 6.45) is 2.11. The third-order valence-corrected chi connectivity index (χ3v) is 5.11. The standard InChI is InChI=1S/C21H24N2O2S/c1-14-8-15(2)10-16(9-14)12-26-13-20(24)22-19-5-3-4-17(11-19)21(25)23-18-6-7-18/h3-5,8-11,18H,6-7,12-13H2,1-2H3,(H,22,24)(H,23,25). The number of aryl methyl sites for hydroxylation is 2. The molecular formula is C21H24N2O2S. The minimum Gasteiger partial charge on any atom is -0.349 e. The Bertz CT molecular complexity index is 795. The van der Waals surface area contributed by atoms with Gasteiger partial charge in [0.05, 0.1) is 5.75 Å². The molecule has 136 valence electrons. The Morgan fingerprint density at radius 2 is 1.81 bits per heavy atom. The van der Waals surface area contributed by atoms with Crippen LogP contribution in [0.15, 0.2) is 42.5 Å². The van der Waals surface area contributed by atoms with Gasteiger partial charge in [0.15, 0.2) is 0 Å². The summed E-state index contributed by atoms with van der Waals surface area (Å²) in [7, 11) is 0. The normalized spacial score (nSPS) is 13.3. The molecule has 1 aliphatic carbocycles. The second-order valence-electron chi connectivity index (χ2n) is 6.87. The fourth-order valence-corrected chi connectivity index (χ4v) is 3.61. The average Bonchev–Trinajstić information content (AvgIpc) is 3.38. The van der Waals surface area contributed by atoms with Gasteiger partial charge in [-0.1, -0.05) is 35.4 Å². The number of carbonyl (C=O) groups is 2. The third-order valence-electron chi connectivity index (χ3n) is 4.10. The van der Waals surface area contributed by atoms with E-state index in [1.165, 1.54) is 16.7 Å². The Balaban J connectivity index is 1.49. The topological polar surface area (TPSA) is 58.2 Å². The lowest BCUT2D eigenvalue weighted by Crippen LogP contribution is -2.25. The van der Waals surface area contributed by atoms with Crippen molar-refractivity contribution in [2.45, 2.75) is 38.5 Å². The van der Waals surface area contributed by atoms with Crippen molar-refractivity contribution in [1.29, 1.82) is 0 Å². The monoisotopic (exact) mass is 368 g/mol. The van der Waals surface area contributed by atoms with Crippen molar-refractivity contribution in [3.05, 3.63) is 64.7 Å². The Labute approximate surface area is 158 Å². The minimum atomic E-state index is -0.0761. The van der Waals surface area contributed by atoms with Gasteiger partial charge in [-0.3, -0.25) is 9.59 Å². The molecule has 3 rings (SSSR count). The van der Waals surface area contributed by atoms with Gasteiger partial charge in [-0.2, -0.15) is 0 Å². The molecule has 1 fully saturated rings. The van der Waals surface area contributed by atoms with Crippen molar-refractivity contribution in [2.75, 3.05) is 11.1 Å². The van der Waals surface area contributed by atoms with E-state index in [1.807, 2.05) is 0 Å². The molecule has 2 aromatic rings. The molecule has 1 aliphatic rings. The van der Waals surface area contributed by atoms with E-state index in [4.69, 9.17) is 0 Å². The summed E-state index contributed by atoms with van der Waals surface area (Å²) in [4.78, 5) is 24.3. The predicted octanol–water partition coefficient (Wildman–Crippen LogP) is 4.07. The van der Waals surface area contributed by atoms with Crippen LogP contribution in [-0.2, 0) is 10.5 Å². The molecule has 0 unspecified atom stereocenters. The third kappa shape index (κ3) is 5.63. The zero-order chi connectivity index (χ0) is 18.5. The average molecular weight is 369 g/mol. The molecule has 26 heavy (non-hydrogen) atoms. The van der Waals surface area contributed by atoms with Crippen LogP contribution in [0.25, 0.3) is 0 Å². The van der Waals surface area contributed by atoms with E-state index >= 15 is 0 Å². The Hall–Kier alpha value is -2.27. The number of hydrogen-bond donors (Lipinski definition) is 2. The number of rotatable bonds is 7. The molecule has 1 saturated carbocycles. The first kappa shape index (κ1) is 18.5. The van der Waals surface area contributed by atoms with E-state index in [2.05, 4.69) is 42.7 Å². The van der Waals surface area contributed by atoms with E-state index < -0.39 is 0 Å². The summed E-state index contributed by atoms with van der Waals surface area (Å²) < 4.78 is 0. The number of amides is 2. The predicted molar refractivity (Wildman–Crippen MR) is 108 cm³/mol. The summed E-state index contributed by atoms with van der Waals surface area (Å²) >= 11 is 1.59. The molecule has 2 N–H and O–H groups in total. The van der Waals surface area contributed by atoms with E-state index in [0.717, 1.165) is 18.6 Å². The zero-order valence-corrected chi connectivity index (χ0v) is 16.0. The van der Waals surface area contributed by atoms with Crippen LogP contribution >= 0.6 is 11.8 Å². The lowest BCUT2D eigenvalue weighted by Gasteiger charge is -2.08. The van der Waals surface area contributed by atoms with Crippen LogP contribution < -0.4 is 10.6 Å². The highest BCUT2D eigenvalue weighted by atomic mass is 32.2. The van der Waals surface area contributed by atoms with Gasteiger partial charge in [0.2, 0.25) is 5.91 Å². The summed E-state index contributed by atoms with van der Waals surface area (Å²) in [5.41, 5.74) is 4.96. The van der Waals surface area contributed by atoms with Crippen LogP contribution in [0.1, 0.15) is 39.9 Å². The van der Waals surface area contributed by atoms with Crippen LogP contribution in [0.4, 0.5) is 5.69 Å². The smallest absolute Gasteiger partial charge is 0.251 e. The van der Waals surface area contributed by atoms with Crippen LogP contribution in [0.5, 0.6) is 0 Å². The molecule has 0 heterocycles. The first-order chi connectivity index (χ1) is 12.5. The van der Waals surface area contributed by atoms with Crippen molar-refractivity contribution in [3.8, 4) is 0 Å². The van der Waals surface area contributed by atoms with Gasteiger partial charge >= 0.3 is 0 Å². The van der Waals surface area contributed by atoms with Gasteiger partial charge in [0, 0.05) is 23.0 Å². The molecule has 0 bridgehead atoms. The maximum Gasteiger partial charge on any atom is 0.251 e. The summed E-state index contributed by atoms with van der Waals surface area (Å²) in [5, 5.41) is 5.83. The number of anilines is 1. The highest BCUT2D eigenvalue weighted by molar-refractivity contribution is 7.99. The molecule has 0 aliphatic heterocycles. The number of carbonyl (C=O) groups excluding carboxylic acids is 2. The SMILES string of the molecule is Cc1cc(C)cc(CSCC(=O)Nc2cccc(C(=O)NC3CC3)c2)c1. The fourth-order valence-electron chi connectivity index (χ4n) is 2.85. The number of thioether (sulfide) groups is 1. The van der Waals surface area contributed by atoms with Gasteiger partial charge in [0.1, 0.15) is 0 Å². The van der Waals surface area contributed by atoms with E-state index in [1.54, 1.807) is 36.0 Å². The molecule has 0 spiro atoms. The van der Waals surface area contributed by atoms with E-state index in [-0.39, 0.29) is 11.8 Å². The molecule has 4 nitrogen and oxygen atoms in total. The largest absolute Gasteiger partial charge is 0.349 e. The van der Waals surface area contributed by atoms with Crippen molar-refractivity contribution < 1.29 is 9.59 Å². The fraction of sp³-hybridized carbons (Fsp3) is 0.333. The highest BCUT2D eigenvalue weighted by Crippen LogP contribution is 2.20.